The molecule has 1 aliphatic rings. The molecule has 0 saturated heterocycles. The third-order valence-electron chi connectivity index (χ3n) is 2.59. The average Bonchev–Trinajstić information content (AvgIpc) is 2.03. The summed E-state index contributed by atoms with van der Waals surface area (Å²) in [5.41, 5.74) is 5.96. The molecular weight excluding hydrogens is 182 g/mol. The van der Waals surface area contributed by atoms with Crippen molar-refractivity contribution < 1.29 is 4.21 Å². The molecule has 3 heteroatoms. The molecule has 1 fully saturated rings. The molecular formula is C10H21NOS. The number of nitrogens with two attached hydrogens (primary N) is 1. The van der Waals surface area contributed by atoms with Gasteiger partial charge in [-0.05, 0) is 18.8 Å². The summed E-state index contributed by atoms with van der Waals surface area (Å²) in [4.78, 5) is 0. The molecule has 0 amide bonds. The summed E-state index contributed by atoms with van der Waals surface area (Å²) in [6.07, 6.45) is 4.56. The highest BCUT2D eigenvalue weighted by Gasteiger charge is 2.26. The van der Waals surface area contributed by atoms with E-state index in [9.17, 15) is 4.21 Å². The molecule has 1 aliphatic carbocycles. The van der Waals surface area contributed by atoms with Gasteiger partial charge in [-0.25, -0.2) is 0 Å². The molecule has 0 bridgehead atoms. The van der Waals surface area contributed by atoms with Crippen molar-refractivity contribution in [3.8, 4) is 0 Å². The first-order chi connectivity index (χ1) is 6.11. The molecule has 2 N–H and O–H groups in total. The maximum Gasteiger partial charge on any atom is 0.0499 e. The van der Waals surface area contributed by atoms with E-state index in [-0.39, 0.29) is 11.3 Å². The summed E-state index contributed by atoms with van der Waals surface area (Å²) < 4.78 is 11.9. The lowest BCUT2D eigenvalue weighted by Gasteiger charge is -2.28. The Labute approximate surface area is 83.7 Å². The zero-order valence-corrected chi connectivity index (χ0v) is 9.48. The van der Waals surface area contributed by atoms with Gasteiger partial charge in [0.1, 0.15) is 0 Å². The fourth-order valence-corrected chi connectivity index (χ4v) is 3.76. The van der Waals surface area contributed by atoms with Crippen molar-refractivity contribution in [1.82, 2.24) is 0 Å². The van der Waals surface area contributed by atoms with Gasteiger partial charge < -0.3 is 5.73 Å². The summed E-state index contributed by atoms with van der Waals surface area (Å²) in [6.45, 7) is 4.23. The number of hydrogen-bond acceptors (Lipinski definition) is 2. The molecule has 0 aromatic carbocycles. The van der Waals surface area contributed by atoms with Gasteiger partial charge in [0, 0.05) is 27.8 Å². The van der Waals surface area contributed by atoms with Gasteiger partial charge in [0.25, 0.3) is 0 Å². The third-order valence-corrected chi connectivity index (χ3v) is 4.84. The lowest BCUT2D eigenvalue weighted by molar-refractivity contribution is 0.444. The molecule has 1 rings (SSSR count). The maximum absolute atomic E-state index is 11.9. The van der Waals surface area contributed by atoms with Crippen molar-refractivity contribution >= 4 is 10.8 Å². The maximum atomic E-state index is 11.9. The van der Waals surface area contributed by atoms with E-state index in [1.807, 2.05) is 0 Å². The van der Waals surface area contributed by atoms with Crippen LogP contribution in [0.4, 0.5) is 0 Å². The Balaban J connectivity index is 2.44. The summed E-state index contributed by atoms with van der Waals surface area (Å²) in [5, 5.41) is 0.274. The zero-order chi connectivity index (χ0) is 9.84. The first-order valence-corrected chi connectivity index (χ1v) is 6.62. The Bertz CT molecular complexity index is 182. The molecule has 3 unspecified atom stereocenters. The van der Waals surface area contributed by atoms with Crippen molar-refractivity contribution in [1.29, 1.82) is 0 Å². The first kappa shape index (κ1) is 11.2. The molecule has 0 aromatic heterocycles. The highest BCUT2D eigenvalue weighted by atomic mass is 32.2. The molecule has 78 valence electrons. The van der Waals surface area contributed by atoms with Gasteiger partial charge in [-0.1, -0.05) is 26.7 Å². The zero-order valence-electron chi connectivity index (χ0n) is 8.66. The number of hydrogen-bond donors (Lipinski definition) is 1. The first-order valence-electron chi connectivity index (χ1n) is 5.24. The Kier molecular flexibility index (Phi) is 4.39. The minimum atomic E-state index is -0.692. The van der Waals surface area contributed by atoms with Crippen molar-refractivity contribution in [2.24, 2.45) is 11.7 Å². The normalized spacial score (nSPS) is 32.0. The van der Waals surface area contributed by atoms with Crippen molar-refractivity contribution in [3.63, 3.8) is 0 Å². The third kappa shape index (κ3) is 3.39. The van der Waals surface area contributed by atoms with Gasteiger partial charge in [-0.2, -0.15) is 0 Å². The second-order valence-electron chi connectivity index (χ2n) is 4.43. The van der Waals surface area contributed by atoms with Crippen LogP contribution in [0.1, 0.15) is 39.5 Å². The Morgan fingerprint density at radius 3 is 2.54 bits per heavy atom. The van der Waals surface area contributed by atoms with E-state index in [0.29, 0.717) is 5.92 Å². The molecule has 0 spiro atoms. The van der Waals surface area contributed by atoms with Gasteiger partial charge in [0.2, 0.25) is 0 Å². The van der Waals surface area contributed by atoms with Crippen LogP contribution in [0.15, 0.2) is 0 Å². The summed E-state index contributed by atoms with van der Waals surface area (Å²) >= 11 is 0. The van der Waals surface area contributed by atoms with Crippen molar-refractivity contribution in [2.45, 2.75) is 50.8 Å². The van der Waals surface area contributed by atoms with E-state index in [1.54, 1.807) is 0 Å². The predicted octanol–water partition coefficient (Wildman–Crippen LogP) is 1.66. The molecule has 13 heavy (non-hydrogen) atoms. The van der Waals surface area contributed by atoms with Crippen LogP contribution in [0, 0.1) is 5.92 Å². The van der Waals surface area contributed by atoms with Crippen LogP contribution < -0.4 is 5.73 Å². The molecule has 3 atom stereocenters. The summed E-state index contributed by atoms with van der Waals surface area (Å²) in [5.74, 6) is 1.34. The van der Waals surface area contributed by atoms with Gasteiger partial charge >= 0.3 is 0 Å². The van der Waals surface area contributed by atoms with Crippen LogP contribution in [0.3, 0.4) is 0 Å². The number of rotatable bonds is 3. The van der Waals surface area contributed by atoms with E-state index < -0.39 is 10.8 Å². The predicted molar refractivity (Wildman–Crippen MR) is 58.1 cm³/mol. The van der Waals surface area contributed by atoms with Crippen LogP contribution >= 0.6 is 0 Å². The Hall–Kier alpha value is 0.110. The van der Waals surface area contributed by atoms with Crippen LogP contribution in [0.25, 0.3) is 0 Å². The Morgan fingerprint density at radius 1 is 1.38 bits per heavy atom. The largest absolute Gasteiger partial charge is 0.327 e. The highest BCUT2D eigenvalue weighted by molar-refractivity contribution is 7.85. The van der Waals surface area contributed by atoms with Crippen molar-refractivity contribution in [3.05, 3.63) is 0 Å². The van der Waals surface area contributed by atoms with Crippen LogP contribution in [0.2, 0.25) is 0 Å². The van der Waals surface area contributed by atoms with E-state index in [0.717, 1.165) is 18.6 Å². The van der Waals surface area contributed by atoms with Crippen LogP contribution in [0.5, 0.6) is 0 Å². The summed E-state index contributed by atoms with van der Waals surface area (Å²) in [7, 11) is -0.692. The van der Waals surface area contributed by atoms with E-state index in [1.165, 1.54) is 12.8 Å². The van der Waals surface area contributed by atoms with Gasteiger partial charge in [0.15, 0.2) is 0 Å². The molecule has 0 radical (unpaired) electrons. The lowest BCUT2D eigenvalue weighted by Crippen LogP contribution is -2.41. The molecule has 1 saturated carbocycles. The smallest absolute Gasteiger partial charge is 0.0499 e. The van der Waals surface area contributed by atoms with E-state index in [2.05, 4.69) is 13.8 Å². The molecule has 0 aromatic rings. The quantitative estimate of drug-likeness (QED) is 0.758. The van der Waals surface area contributed by atoms with E-state index >= 15 is 0 Å². The van der Waals surface area contributed by atoms with Gasteiger partial charge in [0.05, 0.1) is 0 Å². The van der Waals surface area contributed by atoms with Gasteiger partial charge in [-0.15, -0.1) is 0 Å². The second kappa shape index (κ2) is 5.11. The average molecular weight is 203 g/mol. The van der Waals surface area contributed by atoms with Crippen LogP contribution in [-0.2, 0) is 10.8 Å². The minimum Gasteiger partial charge on any atom is -0.327 e. The molecule has 0 heterocycles. The minimum absolute atomic E-state index is 0.188. The highest BCUT2D eigenvalue weighted by Crippen LogP contribution is 2.22. The monoisotopic (exact) mass is 203 g/mol. The summed E-state index contributed by atoms with van der Waals surface area (Å²) in [6, 6.07) is 0.188. The van der Waals surface area contributed by atoms with Crippen LogP contribution in [-0.4, -0.2) is 21.3 Å². The topological polar surface area (TPSA) is 43.1 Å². The lowest BCUT2D eigenvalue weighted by atomic mass is 9.96. The van der Waals surface area contributed by atoms with Gasteiger partial charge in [-0.3, -0.25) is 4.21 Å². The van der Waals surface area contributed by atoms with E-state index in [4.69, 9.17) is 5.73 Å². The fourth-order valence-electron chi connectivity index (χ4n) is 1.90. The fraction of sp³-hybridized carbons (Fsp3) is 1.00. The molecule has 2 nitrogen and oxygen atoms in total. The molecule has 0 aliphatic heterocycles. The Morgan fingerprint density at radius 2 is 2.00 bits per heavy atom. The van der Waals surface area contributed by atoms with Crippen molar-refractivity contribution in [2.75, 3.05) is 5.75 Å². The SMILES string of the molecule is CC(C)CS(=O)C1CCCCC1N. The second-order valence-corrected chi connectivity index (χ2v) is 6.13. The standard InChI is InChI=1S/C10H21NOS/c1-8(2)7-13(12)10-6-4-3-5-9(10)11/h8-10H,3-7,11H2,1-2H3.